The lowest BCUT2D eigenvalue weighted by Crippen LogP contribution is -2.03. The van der Waals surface area contributed by atoms with E-state index < -0.39 is 0 Å². The third kappa shape index (κ3) is 2.45. The van der Waals surface area contributed by atoms with Crippen molar-refractivity contribution in [3.8, 4) is 11.4 Å². The fourth-order valence-corrected chi connectivity index (χ4v) is 2.27. The van der Waals surface area contributed by atoms with E-state index in [-0.39, 0.29) is 0 Å². The van der Waals surface area contributed by atoms with Crippen LogP contribution in [0.25, 0.3) is 11.4 Å². The van der Waals surface area contributed by atoms with Gasteiger partial charge in [0.15, 0.2) is 5.82 Å². The Morgan fingerprint density at radius 1 is 1.37 bits per heavy atom. The molecule has 1 aliphatic carbocycles. The van der Waals surface area contributed by atoms with E-state index >= 15 is 0 Å². The van der Waals surface area contributed by atoms with Crippen molar-refractivity contribution in [3.05, 3.63) is 23.7 Å². The number of aromatic nitrogens is 4. The van der Waals surface area contributed by atoms with Gasteiger partial charge in [-0.3, -0.25) is 4.68 Å². The summed E-state index contributed by atoms with van der Waals surface area (Å²) in [7, 11) is 1.92. The van der Waals surface area contributed by atoms with Crippen LogP contribution in [0.15, 0.2) is 12.3 Å². The molecular weight excluding hydrogens is 238 g/mol. The molecule has 0 amide bonds. The van der Waals surface area contributed by atoms with Crippen LogP contribution in [0.4, 0.5) is 5.82 Å². The lowest BCUT2D eigenvalue weighted by molar-refractivity contribution is 0.756. The van der Waals surface area contributed by atoms with Crippen molar-refractivity contribution in [2.45, 2.75) is 32.6 Å². The first-order valence-corrected chi connectivity index (χ1v) is 6.81. The molecule has 2 heterocycles. The zero-order valence-electron chi connectivity index (χ0n) is 11.6. The molecule has 0 aromatic carbocycles. The van der Waals surface area contributed by atoms with Gasteiger partial charge in [-0.1, -0.05) is 0 Å². The van der Waals surface area contributed by atoms with Gasteiger partial charge < -0.3 is 5.32 Å². The van der Waals surface area contributed by atoms with Crippen LogP contribution in [-0.4, -0.2) is 26.3 Å². The van der Waals surface area contributed by atoms with Crippen LogP contribution in [0.1, 0.15) is 37.1 Å². The molecule has 5 heteroatoms. The van der Waals surface area contributed by atoms with Gasteiger partial charge in [0.25, 0.3) is 0 Å². The number of nitrogens with zero attached hydrogens (tertiary/aromatic N) is 4. The molecule has 0 radical (unpaired) electrons. The summed E-state index contributed by atoms with van der Waals surface area (Å²) in [5.41, 5.74) is 3.14. The topological polar surface area (TPSA) is 55.6 Å². The smallest absolute Gasteiger partial charge is 0.165 e. The molecule has 19 heavy (non-hydrogen) atoms. The Morgan fingerprint density at radius 3 is 2.74 bits per heavy atom. The van der Waals surface area contributed by atoms with E-state index in [0.29, 0.717) is 5.92 Å². The maximum absolute atomic E-state index is 4.72. The van der Waals surface area contributed by atoms with E-state index in [1.54, 1.807) is 0 Å². The second kappa shape index (κ2) is 4.64. The summed E-state index contributed by atoms with van der Waals surface area (Å²) in [6.45, 7) is 4.94. The molecule has 0 aliphatic heterocycles. The van der Waals surface area contributed by atoms with Crippen LogP contribution in [0.3, 0.4) is 0 Å². The Balaban J connectivity index is 2.06. The van der Waals surface area contributed by atoms with Gasteiger partial charge >= 0.3 is 0 Å². The largest absolute Gasteiger partial charge is 0.370 e. The molecule has 0 saturated heterocycles. The molecule has 1 N–H and O–H groups in total. The van der Waals surface area contributed by atoms with Crippen molar-refractivity contribution in [2.75, 3.05) is 11.9 Å². The lowest BCUT2D eigenvalue weighted by atomic mass is 10.2. The molecule has 2 aromatic rings. The highest BCUT2D eigenvalue weighted by Crippen LogP contribution is 2.40. The standard InChI is InChI=1S/C14H19N5/c1-4-15-13-7-12(10-5-6-10)16-14(17-13)11-8-19(3)18-9(11)2/h7-8,10H,4-6H2,1-3H3,(H,15,16,17). The summed E-state index contributed by atoms with van der Waals surface area (Å²) in [5, 5.41) is 7.66. The van der Waals surface area contributed by atoms with Crippen molar-refractivity contribution < 1.29 is 0 Å². The average molecular weight is 257 g/mol. The maximum Gasteiger partial charge on any atom is 0.165 e. The second-order valence-corrected chi connectivity index (χ2v) is 5.11. The molecule has 0 atom stereocenters. The quantitative estimate of drug-likeness (QED) is 0.914. The van der Waals surface area contributed by atoms with Crippen LogP contribution >= 0.6 is 0 Å². The second-order valence-electron chi connectivity index (χ2n) is 5.11. The van der Waals surface area contributed by atoms with E-state index in [9.17, 15) is 0 Å². The Labute approximate surface area is 113 Å². The molecule has 1 aliphatic rings. The molecule has 0 unspecified atom stereocenters. The Morgan fingerprint density at radius 2 is 2.16 bits per heavy atom. The minimum absolute atomic E-state index is 0.621. The van der Waals surface area contributed by atoms with E-state index in [4.69, 9.17) is 4.98 Å². The Bertz CT molecular complexity index is 598. The predicted octanol–water partition coefficient (Wildman–Crippen LogP) is 2.49. The minimum Gasteiger partial charge on any atom is -0.370 e. The van der Waals surface area contributed by atoms with Crippen LogP contribution in [0, 0.1) is 6.92 Å². The summed E-state index contributed by atoms with van der Waals surface area (Å²) in [6.07, 6.45) is 4.47. The number of aryl methyl sites for hydroxylation is 2. The fourth-order valence-electron chi connectivity index (χ4n) is 2.27. The van der Waals surface area contributed by atoms with Gasteiger partial charge in [0.1, 0.15) is 5.82 Å². The highest BCUT2D eigenvalue weighted by Gasteiger charge is 2.26. The summed E-state index contributed by atoms with van der Waals surface area (Å²) < 4.78 is 1.81. The average Bonchev–Trinajstić information content (AvgIpc) is 3.15. The fraction of sp³-hybridized carbons (Fsp3) is 0.500. The molecule has 1 fully saturated rings. The highest BCUT2D eigenvalue weighted by molar-refractivity contribution is 5.59. The third-order valence-electron chi connectivity index (χ3n) is 3.35. The first-order chi connectivity index (χ1) is 9.17. The van der Waals surface area contributed by atoms with E-state index in [0.717, 1.165) is 35.1 Å². The number of anilines is 1. The van der Waals surface area contributed by atoms with Crippen LogP contribution in [-0.2, 0) is 7.05 Å². The lowest BCUT2D eigenvalue weighted by Gasteiger charge is -2.07. The zero-order valence-corrected chi connectivity index (χ0v) is 11.6. The SMILES string of the molecule is CCNc1cc(C2CC2)nc(-c2cn(C)nc2C)n1. The molecule has 5 nitrogen and oxygen atoms in total. The van der Waals surface area contributed by atoms with Gasteiger partial charge in [0.05, 0.1) is 11.3 Å². The molecule has 100 valence electrons. The van der Waals surface area contributed by atoms with Gasteiger partial charge in [-0.2, -0.15) is 5.10 Å². The maximum atomic E-state index is 4.72. The third-order valence-corrected chi connectivity index (χ3v) is 3.35. The molecule has 0 bridgehead atoms. The first-order valence-electron chi connectivity index (χ1n) is 6.81. The Hall–Kier alpha value is -1.91. The first kappa shape index (κ1) is 12.1. The zero-order chi connectivity index (χ0) is 13.4. The van der Waals surface area contributed by atoms with Crippen LogP contribution in [0.2, 0.25) is 0 Å². The molecule has 1 saturated carbocycles. The number of hydrogen-bond acceptors (Lipinski definition) is 4. The van der Waals surface area contributed by atoms with Gasteiger partial charge in [-0.25, -0.2) is 9.97 Å². The number of rotatable bonds is 4. The highest BCUT2D eigenvalue weighted by atomic mass is 15.3. The van der Waals surface area contributed by atoms with Crippen molar-refractivity contribution >= 4 is 5.82 Å². The molecular formula is C14H19N5. The van der Waals surface area contributed by atoms with Gasteiger partial charge in [0, 0.05) is 37.5 Å². The predicted molar refractivity (Wildman–Crippen MR) is 75.1 cm³/mol. The van der Waals surface area contributed by atoms with Gasteiger partial charge in [-0.15, -0.1) is 0 Å². The van der Waals surface area contributed by atoms with Crippen molar-refractivity contribution in [1.82, 2.24) is 19.7 Å². The minimum atomic E-state index is 0.621. The monoisotopic (exact) mass is 257 g/mol. The number of nitrogens with one attached hydrogen (secondary N) is 1. The van der Waals surface area contributed by atoms with Crippen LogP contribution in [0.5, 0.6) is 0 Å². The van der Waals surface area contributed by atoms with Crippen molar-refractivity contribution in [1.29, 1.82) is 0 Å². The van der Waals surface area contributed by atoms with Crippen LogP contribution < -0.4 is 5.32 Å². The molecule has 2 aromatic heterocycles. The summed E-state index contributed by atoms with van der Waals surface area (Å²) in [4.78, 5) is 9.32. The molecule has 3 rings (SSSR count). The summed E-state index contributed by atoms with van der Waals surface area (Å²) >= 11 is 0. The van der Waals surface area contributed by atoms with Gasteiger partial charge in [0.2, 0.25) is 0 Å². The van der Waals surface area contributed by atoms with Gasteiger partial charge in [-0.05, 0) is 26.7 Å². The normalized spacial score (nSPS) is 14.7. The van der Waals surface area contributed by atoms with Crippen molar-refractivity contribution in [3.63, 3.8) is 0 Å². The Kier molecular flexibility index (Phi) is 2.97. The molecule has 0 spiro atoms. The van der Waals surface area contributed by atoms with E-state index in [1.807, 2.05) is 24.9 Å². The van der Waals surface area contributed by atoms with E-state index in [2.05, 4.69) is 28.4 Å². The van der Waals surface area contributed by atoms with Crippen molar-refractivity contribution in [2.24, 2.45) is 7.05 Å². The summed E-state index contributed by atoms with van der Waals surface area (Å²) in [5.74, 6) is 2.32. The number of hydrogen-bond donors (Lipinski definition) is 1. The summed E-state index contributed by atoms with van der Waals surface area (Å²) in [6, 6.07) is 2.08. The van der Waals surface area contributed by atoms with E-state index in [1.165, 1.54) is 12.8 Å².